The number of nitrogens with zero attached hydrogens (tertiary/aromatic N) is 1. The van der Waals surface area contributed by atoms with Gasteiger partial charge < -0.3 is 15.6 Å². The van der Waals surface area contributed by atoms with Crippen molar-refractivity contribution >= 4 is 5.82 Å². The number of aromatic nitrogens is 2. The number of nitrogens with two attached hydrogens (primary N) is 1. The Balaban J connectivity index is 2.20. The summed E-state index contributed by atoms with van der Waals surface area (Å²) < 4.78 is 5.33. The first-order valence-electron chi connectivity index (χ1n) is 5.42. The number of hydrogen-bond donors (Lipinski definition) is 3. The Hall–Kier alpha value is -2.01. The molecule has 0 radical (unpaired) electrons. The molecule has 2 aromatic rings. The highest BCUT2D eigenvalue weighted by molar-refractivity contribution is 5.43. The van der Waals surface area contributed by atoms with Gasteiger partial charge in [0.05, 0.1) is 12.8 Å². The first-order valence-corrected chi connectivity index (χ1v) is 5.42. The maximum Gasteiger partial charge on any atom is 0.125 e. The summed E-state index contributed by atoms with van der Waals surface area (Å²) in [5.41, 5.74) is 6.98. The number of anilines is 1. The van der Waals surface area contributed by atoms with Gasteiger partial charge in [-0.15, -0.1) is 0 Å². The fourth-order valence-corrected chi connectivity index (χ4v) is 1.62. The van der Waals surface area contributed by atoms with Crippen LogP contribution in [-0.2, 0) is 0 Å². The first kappa shape index (κ1) is 11.5. The Kier molecular flexibility index (Phi) is 3.30. The molecule has 0 aliphatic heterocycles. The van der Waals surface area contributed by atoms with E-state index in [1.165, 1.54) is 6.20 Å². The highest BCUT2D eigenvalue weighted by atomic mass is 16.5. The van der Waals surface area contributed by atoms with Crippen molar-refractivity contribution in [1.82, 2.24) is 10.2 Å². The molecule has 5 nitrogen and oxygen atoms in total. The number of benzene rings is 1. The summed E-state index contributed by atoms with van der Waals surface area (Å²) in [5.74, 6) is 1.16. The molecule has 0 spiro atoms. The predicted octanol–water partition coefficient (Wildman–Crippen LogP) is 1.47. The molecule has 0 aliphatic rings. The minimum absolute atomic E-state index is 0.381. The third-order valence-corrected chi connectivity index (χ3v) is 2.50. The van der Waals surface area contributed by atoms with Gasteiger partial charge in [-0.1, -0.05) is 12.1 Å². The van der Waals surface area contributed by atoms with E-state index in [1.54, 1.807) is 0 Å². The van der Waals surface area contributed by atoms with Gasteiger partial charge in [0, 0.05) is 5.56 Å². The normalized spacial score (nSPS) is 12.4. The van der Waals surface area contributed by atoms with Crippen molar-refractivity contribution in [2.24, 2.45) is 0 Å². The summed E-state index contributed by atoms with van der Waals surface area (Å²) in [5, 5.41) is 16.5. The van der Waals surface area contributed by atoms with E-state index in [2.05, 4.69) is 10.2 Å². The van der Waals surface area contributed by atoms with Crippen LogP contribution in [0.15, 0.2) is 30.5 Å². The SMILES string of the molecule is CCOc1ccc(C(O)c2cn[nH]c2N)cc1. The second-order valence-corrected chi connectivity index (χ2v) is 3.64. The van der Waals surface area contributed by atoms with Crippen molar-refractivity contribution in [2.45, 2.75) is 13.0 Å². The zero-order valence-corrected chi connectivity index (χ0v) is 9.55. The summed E-state index contributed by atoms with van der Waals surface area (Å²) in [7, 11) is 0. The Morgan fingerprint density at radius 2 is 2.12 bits per heavy atom. The van der Waals surface area contributed by atoms with E-state index in [-0.39, 0.29) is 0 Å². The Morgan fingerprint density at radius 3 is 2.65 bits per heavy atom. The molecule has 0 fully saturated rings. The highest BCUT2D eigenvalue weighted by Crippen LogP contribution is 2.26. The molecule has 1 atom stereocenters. The molecule has 1 aromatic carbocycles. The summed E-state index contributed by atoms with van der Waals surface area (Å²) in [6.07, 6.45) is 0.751. The molecule has 1 unspecified atom stereocenters. The lowest BCUT2D eigenvalue weighted by Crippen LogP contribution is -2.02. The number of H-pyrrole nitrogens is 1. The molecule has 2 rings (SSSR count). The maximum absolute atomic E-state index is 10.1. The van der Waals surface area contributed by atoms with Gasteiger partial charge in [0.15, 0.2) is 0 Å². The Labute approximate surface area is 99.2 Å². The van der Waals surface area contributed by atoms with Gasteiger partial charge in [-0.2, -0.15) is 5.10 Å². The molecule has 0 saturated heterocycles. The van der Waals surface area contributed by atoms with Crippen LogP contribution < -0.4 is 10.5 Å². The molecule has 17 heavy (non-hydrogen) atoms. The molecule has 90 valence electrons. The van der Waals surface area contributed by atoms with Gasteiger partial charge in [0.25, 0.3) is 0 Å². The van der Waals surface area contributed by atoms with E-state index in [4.69, 9.17) is 10.5 Å². The number of rotatable bonds is 4. The molecule has 1 heterocycles. The molecular weight excluding hydrogens is 218 g/mol. The lowest BCUT2D eigenvalue weighted by atomic mass is 10.0. The number of aliphatic hydroxyl groups is 1. The lowest BCUT2D eigenvalue weighted by Gasteiger charge is -2.10. The van der Waals surface area contributed by atoms with E-state index in [0.717, 1.165) is 11.3 Å². The van der Waals surface area contributed by atoms with E-state index in [9.17, 15) is 5.11 Å². The van der Waals surface area contributed by atoms with E-state index in [1.807, 2.05) is 31.2 Å². The van der Waals surface area contributed by atoms with Gasteiger partial charge in [0.2, 0.25) is 0 Å². The molecule has 0 amide bonds. The third-order valence-electron chi connectivity index (χ3n) is 2.50. The van der Waals surface area contributed by atoms with Gasteiger partial charge in [-0.3, -0.25) is 5.10 Å². The van der Waals surface area contributed by atoms with Crippen molar-refractivity contribution in [3.63, 3.8) is 0 Å². The minimum atomic E-state index is -0.774. The molecule has 1 aromatic heterocycles. The predicted molar refractivity (Wildman–Crippen MR) is 64.7 cm³/mol. The molecule has 0 aliphatic carbocycles. The van der Waals surface area contributed by atoms with Crippen molar-refractivity contribution in [3.05, 3.63) is 41.6 Å². The van der Waals surface area contributed by atoms with E-state index in [0.29, 0.717) is 18.0 Å². The Morgan fingerprint density at radius 1 is 1.41 bits per heavy atom. The molecule has 5 heteroatoms. The average molecular weight is 233 g/mol. The largest absolute Gasteiger partial charge is 0.494 e. The van der Waals surface area contributed by atoms with Crippen molar-refractivity contribution < 1.29 is 9.84 Å². The monoisotopic (exact) mass is 233 g/mol. The van der Waals surface area contributed by atoms with Gasteiger partial charge in [-0.25, -0.2) is 0 Å². The summed E-state index contributed by atoms with van der Waals surface area (Å²) in [6.45, 7) is 2.55. The van der Waals surface area contributed by atoms with Crippen LogP contribution in [0.1, 0.15) is 24.2 Å². The van der Waals surface area contributed by atoms with Gasteiger partial charge in [0.1, 0.15) is 17.7 Å². The van der Waals surface area contributed by atoms with E-state index >= 15 is 0 Å². The van der Waals surface area contributed by atoms with Crippen LogP contribution in [0.2, 0.25) is 0 Å². The molecule has 0 bridgehead atoms. The number of nitrogen functional groups attached to an aromatic ring is 1. The molecule has 0 saturated carbocycles. The number of hydrogen-bond acceptors (Lipinski definition) is 4. The summed E-state index contributed by atoms with van der Waals surface area (Å²) >= 11 is 0. The smallest absolute Gasteiger partial charge is 0.125 e. The first-order chi connectivity index (χ1) is 8.22. The second-order valence-electron chi connectivity index (χ2n) is 3.64. The zero-order chi connectivity index (χ0) is 12.3. The van der Waals surface area contributed by atoms with Crippen LogP contribution in [0.3, 0.4) is 0 Å². The fourth-order valence-electron chi connectivity index (χ4n) is 1.62. The minimum Gasteiger partial charge on any atom is -0.494 e. The van der Waals surface area contributed by atoms with Crippen molar-refractivity contribution in [3.8, 4) is 5.75 Å². The van der Waals surface area contributed by atoms with Crippen molar-refractivity contribution in [2.75, 3.05) is 12.3 Å². The standard InChI is InChI=1S/C12H15N3O2/c1-2-17-9-5-3-8(4-6-9)11(16)10-7-14-15-12(10)13/h3-7,11,16H,2H2,1H3,(H3,13,14,15). The fraction of sp³-hybridized carbons (Fsp3) is 0.250. The zero-order valence-electron chi connectivity index (χ0n) is 9.55. The topological polar surface area (TPSA) is 84.2 Å². The number of nitrogens with one attached hydrogen (secondary N) is 1. The average Bonchev–Trinajstić information content (AvgIpc) is 2.76. The number of ether oxygens (including phenoxy) is 1. The van der Waals surface area contributed by atoms with Crippen LogP contribution in [-0.4, -0.2) is 21.9 Å². The molecular formula is C12H15N3O2. The van der Waals surface area contributed by atoms with Crippen molar-refractivity contribution in [1.29, 1.82) is 0 Å². The quantitative estimate of drug-likeness (QED) is 0.746. The summed E-state index contributed by atoms with van der Waals surface area (Å²) in [4.78, 5) is 0. The van der Waals surface area contributed by atoms with Crippen LogP contribution in [0, 0.1) is 0 Å². The highest BCUT2D eigenvalue weighted by Gasteiger charge is 2.14. The third kappa shape index (κ3) is 2.39. The van der Waals surface area contributed by atoms with Crippen LogP contribution >= 0.6 is 0 Å². The molecule has 4 N–H and O–H groups in total. The van der Waals surface area contributed by atoms with Crippen LogP contribution in [0.4, 0.5) is 5.82 Å². The lowest BCUT2D eigenvalue weighted by molar-refractivity contribution is 0.221. The number of aromatic amines is 1. The van der Waals surface area contributed by atoms with Gasteiger partial charge in [-0.05, 0) is 24.6 Å². The maximum atomic E-state index is 10.1. The van der Waals surface area contributed by atoms with Crippen LogP contribution in [0.25, 0.3) is 0 Å². The van der Waals surface area contributed by atoms with E-state index < -0.39 is 6.10 Å². The number of aliphatic hydroxyl groups excluding tert-OH is 1. The van der Waals surface area contributed by atoms with Gasteiger partial charge >= 0.3 is 0 Å². The van der Waals surface area contributed by atoms with Crippen LogP contribution in [0.5, 0.6) is 5.75 Å². The second kappa shape index (κ2) is 4.88. The Bertz CT molecular complexity index is 479. The summed E-state index contributed by atoms with van der Waals surface area (Å²) in [6, 6.07) is 7.25.